The van der Waals surface area contributed by atoms with E-state index in [2.05, 4.69) is 5.32 Å². The van der Waals surface area contributed by atoms with E-state index in [0.29, 0.717) is 18.7 Å². The summed E-state index contributed by atoms with van der Waals surface area (Å²) in [6.45, 7) is 0.822. The molecular formula is C11H16N2O4. The number of nitrogens with one attached hydrogen (secondary N) is 1. The minimum Gasteiger partial charge on any atom is -0.391 e. The molecule has 0 saturated heterocycles. The molecule has 0 radical (unpaired) electrons. The number of nitro groups is 1. The van der Waals surface area contributed by atoms with E-state index in [4.69, 9.17) is 4.74 Å². The number of anilines is 1. The molecular weight excluding hydrogens is 224 g/mol. The average molecular weight is 240 g/mol. The first kappa shape index (κ1) is 13.4. The molecule has 1 aromatic carbocycles. The number of hydrogen-bond acceptors (Lipinski definition) is 5. The van der Waals surface area contributed by atoms with Gasteiger partial charge in [0, 0.05) is 31.5 Å². The van der Waals surface area contributed by atoms with Crippen molar-refractivity contribution >= 4 is 11.4 Å². The second kappa shape index (κ2) is 6.82. The molecule has 1 aromatic rings. The zero-order valence-electron chi connectivity index (χ0n) is 9.63. The quantitative estimate of drug-likeness (QED) is 0.556. The molecule has 6 nitrogen and oxygen atoms in total. The number of methoxy groups -OCH3 is 1. The highest BCUT2D eigenvalue weighted by atomic mass is 16.6. The lowest BCUT2D eigenvalue weighted by atomic mass is 10.2. The smallest absolute Gasteiger partial charge is 0.271 e. The third-order valence-corrected chi connectivity index (χ3v) is 2.22. The highest BCUT2D eigenvalue weighted by Crippen LogP contribution is 2.16. The lowest BCUT2D eigenvalue weighted by molar-refractivity contribution is -0.384. The van der Waals surface area contributed by atoms with E-state index >= 15 is 0 Å². The van der Waals surface area contributed by atoms with E-state index in [0.717, 1.165) is 0 Å². The van der Waals surface area contributed by atoms with Gasteiger partial charge in [0.2, 0.25) is 0 Å². The summed E-state index contributed by atoms with van der Waals surface area (Å²) in [6.07, 6.45) is 0.00230. The van der Waals surface area contributed by atoms with Crippen LogP contribution in [0.5, 0.6) is 0 Å². The van der Waals surface area contributed by atoms with Crippen molar-refractivity contribution in [3.8, 4) is 0 Å². The van der Waals surface area contributed by atoms with Crippen molar-refractivity contribution in [3.05, 3.63) is 34.4 Å². The summed E-state index contributed by atoms with van der Waals surface area (Å²) >= 11 is 0. The van der Waals surface area contributed by atoms with Crippen molar-refractivity contribution in [2.45, 2.75) is 12.5 Å². The van der Waals surface area contributed by atoms with Gasteiger partial charge >= 0.3 is 0 Å². The molecule has 0 bridgehead atoms. The number of aliphatic hydroxyl groups excluding tert-OH is 1. The Morgan fingerprint density at radius 1 is 1.59 bits per heavy atom. The Morgan fingerprint density at radius 2 is 2.35 bits per heavy atom. The van der Waals surface area contributed by atoms with Crippen molar-refractivity contribution < 1.29 is 14.8 Å². The first-order valence-electron chi connectivity index (χ1n) is 5.29. The average Bonchev–Trinajstić information content (AvgIpc) is 2.30. The zero-order valence-corrected chi connectivity index (χ0v) is 9.63. The topological polar surface area (TPSA) is 84.6 Å². The SMILES string of the molecule is COCC(O)CCNc1cccc([N+](=O)[O-])c1. The molecule has 0 fully saturated rings. The number of ether oxygens (including phenoxy) is 1. The number of benzene rings is 1. The number of nitrogens with zero attached hydrogens (tertiary/aromatic N) is 1. The Labute approximate surface area is 99.4 Å². The Morgan fingerprint density at radius 3 is 3.00 bits per heavy atom. The van der Waals surface area contributed by atoms with Crippen LogP contribution >= 0.6 is 0 Å². The van der Waals surface area contributed by atoms with Gasteiger partial charge in [-0.2, -0.15) is 0 Å². The Balaban J connectivity index is 2.41. The van der Waals surface area contributed by atoms with Gasteiger partial charge < -0.3 is 15.2 Å². The van der Waals surface area contributed by atoms with Crippen molar-refractivity contribution in [2.24, 2.45) is 0 Å². The van der Waals surface area contributed by atoms with Crippen molar-refractivity contribution in [3.63, 3.8) is 0 Å². The monoisotopic (exact) mass is 240 g/mol. The molecule has 0 spiro atoms. The predicted molar refractivity (Wildman–Crippen MR) is 64.1 cm³/mol. The molecule has 0 aliphatic carbocycles. The van der Waals surface area contributed by atoms with Gasteiger partial charge in [0.1, 0.15) is 0 Å². The number of hydrogen-bond donors (Lipinski definition) is 2. The lowest BCUT2D eigenvalue weighted by Gasteiger charge is -2.10. The summed E-state index contributed by atoms with van der Waals surface area (Å²) in [7, 11) is 1.53. The van der Waals surface area contributed by atoms with E-state index in [1.807, 2.05) is 0 Å². The fourth-order valence-corrected chi connectivity index (χ4v) is 1.39. The van der Waals surface area contributed by atoms with Gasteiger partial charge in [0.15, 0.2) is 0 Å². The molecule has 94 valence electrons. The van der Waals surface area contributed by atoms with Gasteiger partial charge in [-0.15, -0.1) is 0 Å². The summed E-state index contributed by atoms with van der Waals surface area (Å²) in [4.78, 5) is 10.1. The molecule has 0 saturated carbocycles. The maximum Gasteiger partial charge on any atom is 0.271 e. The maximum atomic E-state index is 10.5. The van der Waals surface area contributed by atoms with Gasteiger partial charge in [-0.3, -0.25) is 10.1 Å². The molecule has 1 unspecified atom stereocenters. The van der Waals surface area contributed by atoms with Crippen molar-refractivity contribution in [2.75, 3.05) is 25.6 Å². The van der Waals surface area contributed by atoms with Gasteiger partial charge in [-0.05, 0) is 12.5 Å². The summed E-state index contributed by atoms with van der Waals surface area (Å²) in [5.41, 5.74) is 0.719. The molecule has 1 rings (SSSR count). The molecule has 0 aromatic heterocycles. The summed E-state index contributed by atoms with van der Waals surface area (Å²) in [5, 5.41) is 22.9. The van der Waals surface area contributed by atoms with Gasteiger partial charge in [0.05, 0.1) is 17.6 Å². The van der Waals surface area contributed by atoms with Crippen LogP contribution in [0.15, 0.2) is 24.3 Å². The van der Waals surface area contributed by atoms with E-state index < -0.39 is 11.0 Å². The molecule has 2 N–H and O–H groups in total. The standard InChI is InChI=1S/C11H16N2O4/c1-17-8-11(14)5-6-12-9-3-2-4-10(7-9)13(15)16/h2-4,7,11-12,14H,5-6,8H2,1H3. The van der Waals surface area contributed by atoms with E-state index in [-0.39, 0.29) is 12.3 Å². The van der Waals surface area contributed by atoms with Crippen LogP contribution in [0, 0.1) is 10.1 Å². The Kier molecular flexibility index (Phi) is 5.38. The molecule has 0 heterocycles. The summed E-state index contributed by atoms with van der Waals surface area (Å²) in [5.74, 6) is 0. The number of aliphatic hydroxyl groups is 1. The van der Waals surface area contributed by atoms with Gasteiger partial charge in [0.25, 0.3) is 5.69 Å². The number of non-ortho nitro benzene ring substituents is 1. The number of rotatable bonds is 7. The minimum absolute atomic E-state index is 0.0486. The van der Waals surface area contributed by atoms with Gasteiger partial charge in [-0.1, -0.05) is 6.07 Å². The zero-order chi connectivity index (χ0) is 12.7. The fraction of sp³-hybridized carbons (Fsp3) is 0.455. The summed E-state index contributed by atoms with van der Waals surface area (Å²) < 4.78 is 4.79. The van der Waals surface area contributed by atoms with Crippen LogP contribution in [0.2, 0.25) is 0 Å². The molecule has 0 aliphatic heterocycles. The molecule has 0 aliphatic rings. The van der Waals surface area contributed by atoms with Crippen LogP contribution in [0.1, 0.15) is 6.42 Å². The van der Waals surface area contributed by atoms with Crippen LogP contribution in [-0.4, -0.2) is 36.4 Å². The predicted octanol–water partition coefficient (Wildman–Crippen LogP) is 1.40. The number of nitro benzene ring substituents is 1. The summed E-state index contributed by atoms with van der Waals surface area (Å²) in [6, 6.07) is 6.26. The molecule has 0 amide bonds. The first-order valence-corrected chi connectivity index (χ1v) is 5.29. The largest absolute Gasteiger partial charge is 0.391 e. The third-order valence-electron chi connectivity index (χ3n) is 2.22. The van der Waals surface area contributed by atoms with Crippen LogP contribution in [0.3, 0.4) is 0 Å². The van der Waals surface area contributed by atoms with E-state index in [9.17, 15) is 15.2 Å². The van der Waals surface area contributed by atoms with Crippen LogP contribution in [-0.2, 0) is 4.74 Å². The van der Waals surface area contributed by atoms with E-state index in [1.165, 1.54) is 19.2 Å². The van der Waals surface area contributed by atoms with Crippen molar-refractivity contribution in [1.82, 2.24) is 0 Å². The third kappa shape index (κ3) is 4.80. The van der Waals surface area contributed by atoms with Crippen LogP contribution < -0.4 is 5.32 Å². The Hall–Kier alpha value is -1.66. The molecule has 17 heavy (non-hydrogen) atoms. The fourth-order valence-electron chi connectivity index (χ4n) is 1.39. The first-order chi connectivity index (χ1) is 8.13. The maximum absolute atomic E-state index is 10.5. The van der Waals surface area contributed by atoms with Crippen LogP contribution in [0.4, 0.5) is 11.4 Å². The highest BCUT2D eigenvalue weighted by Gasteiger charge is 2.06. The minimum atomic E-state index is -0.522. The lowest BCUT2D eigenvalue weighted by Crippen LogP contribution is -2.18. The van der Waals surface area contributed by atoms with Crippen molar-refractivity contribution in [1.29, 1.82) is 0 Å². The van der Waals surface area contributed by atoms with Gasteiger partial charge in [-0.25, -0.2) is 0 Å². The second-order valence-electron chi connectivity index (χ2n) is 3.63. The molecule has 1 atom stereocenters. The molecule has 6 heteroatoms. The Bertz CT molecular complexity index is 370. The van der Waals surface area contributed by atoms with E-state index in [1.54, 1.807) is 12.1 Å². The second-order valence-corrected chi connectivity index (χ2v) is 3.63. The highest BCUT2D eigenvalue weighted by molar-refractivity contribution is 5.50. The normalized spacial score (nSPS) is 12.1. The van der Waals surface area contributed by atoms with Crippen LogP contribution in [0.25, 0.3) is 0 Å².